The second-order valence-electron chi connectivity index (χ2n) is 9.59. The van der Waals surface area contributed by atoms with E-state index in [1.807, 2.05) is 0 Å². The molecule has 0 spiro atoms. The van der Waals surface area contributed by atoms with Gasteiger partial charge in [-0.05, 0) is 60.7 Å². The first-order valence-corrected chi connectivity index (χ1v) is 17.0. The molecular formula is C27H14Br2F6N2O10S2. The summed E-state index contributed by atoms with van der Waals surface area (Å²) < 4.78 is 149. The number of benzene rings is 4. The van der Waals surface area contributed by atoms with Crippen LogP contribution in [0.25, 0.3) is 0 Å². The maximum atomic E-state index is 16.7. The lowest BCUT2D eigenvalue weighted by molar-refractivity contribution is -0.385. The molecule has 22 heteroatoms. The predicted octanol–water partition coefficient (Wildman–Crippen LogP) is 7.97. The summed E-state index contributed by atoms with van der Waals surface area (Å²) in [4.78, 5) is 19.6. The molecular weight excluding hydrogens is 850 g/mol. The van der Waals surface area contributed by atoms with Crippen LogP contribution >= 0.6 is 31.9 Å². The van der Waals surface area contributed by atoms with Crippen molar-refractivity contribution in [3.8, 4) is 11.5 Å². The minimum absolute atomic E-state index is 0.118. The number of halogens is 8. The largest absolute Gasteiger partial charge is 0.457 e. The van der Waals surface area contributed by atoms with E-state index in [0.717, 1.165) is 24.3 Å². The Hall–Kier alpha value is -4.28. The van der Waals surface area contributed by atoms with Crippen LogP contribution in [0.3, 0.4) is 0 Å². The number of hydrogen-bond acceptors (Lipinski definition) is 10. The van der Waals surface area contributed by atoms with Gasteiger partial charge in [0.1, 0.15) is 9.79 Å². The van der Waals surface area contributed by atoms with Crippen LogP contribution in [0.4, 0.5) is 37.7 Å². The van der Waals surface area contributed by atoms with Gasteiger partial charge in [0.25, 0.3) is 0 Å². The van der Waals surface area contributed by atoms with Crippen LogP contribution in [-0.2, 0) is 25.9 Å². The number of nitrogens with zero attached hydrogens (tertiary/aromatic N) is 2. The van der Waals surface area contributed by atoms with E-state index in [4.69, 9.17) is 8.37 Å². The molecule has 260 valence electrons. The third kappa shape index (κ3) is 7.35. The first-order valence-electron chi connectivity index (χ1n) is 12.6. The molecule has 0 aliphatic carbocycles. The number of alkyl halides is 6. The summed E-state index contributed by atoms with van der Waals surface area (Å²) in [6.45, 7) is 0. The number of hydrogen-bond donors (Lipinski definition) is 0. The zero-order valence-corrected chi connectivity index (χ0v) is 28.2. The Labute approximate surface area is 288 Å². The minimum Gasteiger partial charge on any atom is -0.372 e. The SMILES string of the molecule is O=[N+]([O-])c1cc(C(F)(c2ccc(OS(=O)(=O)c3ccc(Br)cc3)c([N+](=O)[O-])c2)C(F)(F)C(F)(F)F)ccc1OS(=O)(=O)c1ccc(Br)cc1. The zero-order chi connectivity index (χ0) is 36.7. The Bertz CT molecular complexity index is 2030. The summed E-state index contributed by atoms with van der Waals surface area (Å²) in [7, 11) is -9.77. The van der Waals surface area contributed by atoms with Crippen LogP contribution in [-0.4, -0.2) is 38.8 Å². The molecule has 0 saturated heterocycles. The van der Waals surface area contributed by atoms with Crippen molar-refractivity contribution < 1.29 is 61.4 Å². The Morgan fingerprint density at radius 3 is 1.18 bits per heavy atom. The summed E-state index contributed by atoms with van der Waals surface area (Å²) >= 11 is 6.10. The van der Waals surface area contributed by atoms with Crippen LogP contribution in [0.15, 0.2) is 104 Å². The Kier molecular flexibility index (Phi) is 10.1. The van der Waals surface area contributed by atoms with Gasteiger partial charge in [0.2, 0.25) is 17.2 Å². The highest BCUT2D eigenvalue weighted by Gasteiger charge is 2.73. The molecule has 0 aliphatic rings. The van der Waals surface area contributed by atoms with Gasteiger partial charge in [-0.2, -0.15) is 38.8 Å². The molecule has 0 heterocycles. The molecule has 49 heavy (non-hydrogen) atoms. The first-order chi connectivity index (χ1) is 22.5. The zero-order valence-electron chi connectivity index (χ0n) is 23.4. The van der Waals surface area contributed by atoms with E-state index < -0.39 is 91.6 Å². The highest BCUT2D eigenvalue weighted by Crippen LogP contribution is 2.56. The van der Waals surface area contributed by atoms with E-state index >= 15 is 13.2 Å². The normalized spacial score (nSPS) is 12.7. The van der Waals surface area contributed by atoms with Crippen LogP contribution < -0.4 is 8.37 Å². The van der Waals surface area contributed by atoms with E-state index in [1.54, 1.807) is 0 Å². The second kappa shape index (κ2) is 13.2. The molecule has 4 rings (SSSR count). The third-order valence-corrected chi connectivity index (χ3v) is 10.1. The van der Waals surface area contributed by atoms with Gasteiger partial charge in [0, 0.05) is 32.2 Å². The molecule has 0 atom stereocenters. The van der Waals surface area contributed by atoms with Crippen molar-refractivity contribution in [3.63, 3.8) is 0 Å². The monoisotopic (exact) mass is 862 g/mol. The van der Waals surface area contributed by atoms with Crippen molar-refractivity contribution in [1.82, 2.24) is 0 Å². The molecule has 0 bridgehead atoms. The summed E-state index contributed by atoms with van der Waals surface area (Å²) in [6, 6.07) is 9.37. The minimum atomic E-state index is -6.74. The molecule has 4 aromatic rings. The Morgan fingerprint density at radius 1 is 0.571 bits per heavy atom. The standard InChI is InChI=1S/C27H14Br2F6N2O10S2/c28-17-3-7-19(8-4-17)48(42,43)46-23-11-1-15(13-21(23)36(38)39)25(30,26(31,32)27(33,34)35)16-2-12-24(22(14-16)37(40)41)47-49(44,45)20-9-5-18(29)6-10-20/h1-14H. The lowest BCUT2D eigenvalue weighted by Crippen LogP contribution is -2.53. The molecule has 0 amide bonds. The quantitative estimate of drug-likeness (QED) is 0.0623. The van der Waals surface area contributed by atoms with Crippen molar-refractivity contribution in [2.75, 3.05) is 0 Å². The van der Waals surface area contributed by atoms with E-state index in [0.29, 0.717) is 8.95 Å². The van der Waals surface area contributed by atoms with Crippen LogP contribution in [0.2, 0.25) is 0 Å². The molecule has 0 fully saturated rings. The van der Waals surface area contributed by atoms with Gasteiger partial charge in [0.05, 0.1) is 9.85 Å². The lowest BCUT2D eigenvalue weighted by Gasteiger charge is -2.35. The highest BCUT2D eigenvalue weighted by atomic mass is 79.9. The van der Waals surface area contributed by atoms with E-state index in [9.17, 15) is 50.2 Å². The fraction of sp³-hybridized carbons (Fsp3) is 0.111. The average Bonchev–Trinajstić information content (AvgIpc) is 3.00. The first kappa shape index (κ1) is 37.5. The fourth-order valence-corrected chi connectivity index (χ4v) is 6.56. The molecule has 0 aromatic heterocycles. The van der Waals surface area contributed by atoms with E-state index in [2.05, 4.69) is 31.9 Å². The third-order valence-electron chi connectivity index (χ3n) is 6.50. The predicted molar refractivity (Wildman–Crippen MR) is 163 cm³/mol. The van der Waals surface area contributed by atoms with Crippen molar-refractivity contribution in [1.29, 1.82) is 0 Å². The van der Waals surface area contributed by atoms with Crippen molar-refractivity contribution >= 4 is 63.5 Å². The molecule has 0 N–H and O–H groups in total. The molecule has 4 aromatic carbocycles. The van der Waals surface area contributed by atoms with E-state index in [-0.39, 0.29) is 36.4 Å². The number of nitro benzene ring substituents is 2. The second-order valence-corrected chi connectivity index (χ2v) is 14.5. The van der Waals surface area contributed by atoms with Crippen LogP contribution in [0, 0.1) is 20.2 Å². The Balaban J connectivity index is 1.90. The summed E-state index contributed by atoms with van der Waals surface area (Å²) in [5.41, 5.74) is -12.0. The average molecular weight is 864 g/mol. The van der Waals surface area contributed by atoms with Gasteiger partial charge in [-0.15, -0.1) is 0 Å². The topological polar surface area (TPSA) is 173 Å². The molecule has 0 radical (unpaired) electrons. The van der Waals surface area contributed by atoms with Gasteiger partial charge >= 0.3 is 43.7 Å². The molecule has 12 nitrogen and oxygen atoms in total. The number of nitro groups is 2. The lowest BCUT2D eigenvalue weighted by atomic mass is 9.81. The van der Waals surface area contributed by atoms with Gasteiger partial charge in [-0.25, -0.2) is 4.39 Å². The molecule has 0 saturated carbocycles. The summed E-state index contributed by atoms with van der Waals surface area (Å²) in [5.74, 6) is -8.93. The van der Waals surface area contributed by atoms with Crippen LogP contribution in [0.5, 0.6) is 11.5 Å². The highest BCUT2D eigenvalue weighted by molar-refractivity contribution is 9.10. The van der Waals surface area contributed by atoms with Gasteiger partial charge in [-0.1, -0.05) is 44.0 Å². The maximum absolute atomic E-state index is 16.7. The maximum Gasteiger partial charge on any atom is 0.457 e. The van der Waals surface area contributed by atoms with Crippen molar-refractivity contribution in [2.24, 2.45) is 0 Å². The number of rotatable bonds is 11. The van der Waals surface area contributed by atoms with Gasteiger partial charge in [-0.3, -0.25) is 20.2 Å². The van der Waals surface area contributed by atoms with Crippen LogP contribution in [0.1, 0.15) is 11.1 Å². The summed E-state index contributed by atoms with van der Waals surface area (Å²) in [5, 5.41) is 23.7. The molecule has 0 unspecified atom stereocenters. The summed E-state index contributed by atoms with van der Waals surface area (Å²) in [6.07, 6.45) is -6.74. The fourth-order valence-electron chi connectivity index (χ4n) is 4.15. The molecule has 0 aliphatic heterocycles. The van der Waals surface area contributed by atoms with Gasteiger partial charge < -0.3 is 8.37 Å². The smallest absolute Gasteiger partial charge is 0.372 e. The van der Waals surface area contributed by atoms with Crippen molar-refractivity contribution in [2.45, 2.75) is 27.6 Å². The van der Waals surface area contributed by atoms with Crippen molar-refractivity contribution in [3.05, 3.63) is 125 Å². The van der Waals surface area contributed by atoms with E-state index in [1.165, 1.54) is 24.3 Å². The Morgan fingerprint density at radius 2 is 0.898 bits per heavy atom. The van der Waals surface area contributed by atoms with Gasteiger partial charge in [0.15, 0.2) is 0 Å².